The van der Waals surface area contributed by atoms with E-state index in [1.54, 1.807) is 34.8 Å². The van der Waals surface area contributed by atoms with Crippen molar-refractivity contribution in [1.82, 2.24) is 0 Å². The maximum Gasteiger partial charge on any atom is 0.116 e. The molecule has 0 bridgehead atoms. The molecule has 8 aromatic rings. The topological polar surface area (TPSA) is 40.5 Å². The summed E-state index contributed by atoms with van der Waals surface area (Å²) in [7, 11) is 0. The van der Waals surface area contributed by atoms with Gasteiger partial charge < -0.3 is 10.2 Å². The Bertz CT molecular complexity index is 2230. The third-order valence-corrected chi connectivity index (χ3v) is 11.1. The summed E-state index contributed by atoms with van der Waals surface area (Å²) in [4.78, 5) is 2.50. The average molecular weight is 615 g/mol. The Balaban J connectivity index is 1.47. The normalized spacial score (nSPS) is 13.2. The molecule has 0 radical (unpaired) electrons. The molecule has 0 spiro atoms. The number of hydrogen-bond donors (Lipinski definition) is 2. The van der Waals surface area contributed by atoms with E-state index in [-0.39, 0.29) is 11.5 Å². The van der Waals surface area contributed by atoms with E-state index in [1.165, 1.54) is 54.3 Å². The Morgan fingerprint density at radius 3 is 1.31 bits per heavy atom. The molecule has 6 aromatic carbocycles. The van der Waals surface area contributed by atoms with Crippen molar-refractivity contribution >= 4 is 44.2 Å². The second-order valence-electron chi connectivity index (χ2n) is 11.7. The summed E-state index contributed by atoms with van der Waals surface area (Å²) < 4.78 is 0. The minimum atomic E-state index is -0.622. The first-order valence-corrected chi connectivity index (χ1v) is 16.7. The van der Waals surface area contributed by atoms with Gasteiger partial charge in [0, 0.05) is 9.75 Å². The molecule has 0 amide bonds. The van der Waals surface area contributed by atoms with Crippen LogP contribution < -0.4 is 0 Å². The summed E-state index contributed by atoms with van der Waals surface area (Å²) in [6.07, 6.45) is 0. The highest BCUT2D eigenvalue weighted by Gasteiger charge is 2.48. The van der Waals surface area contributed by atoms with Gasteiger partial charge >= 0.3 is 0 Å². The summed E-state index contributed by atoms with van der Waals surface area (Å²) in [6.45, 7) is 0. The van der Waals surface area contributed by atoms with Gasteiger partial charge in [-0.25, -0.2) is 0 Å². The molecular formula is C41H26O2S2. The molecule has 4 heteroatoms. The zero-order valence-corrected chi connectivity index (χ0v) is 25.7. The van der Waals surface area contributed by atoms with Crippen LogP contribution in [0.4, 0.5) is 0 Å². The minimum absolute atomic E-state index is 0.264. The molecule has 0 fully saturated rings. The van der Waals surface area contributed by atoms with Crippen molar-refractivity contribution in [3.63, 3.8) is 0 Å². The highest BCUT2D eigenvalue weighted by Crippen LogP contribution is 2.61. The van der Waals surface area contributed by atoms with Gasteiger partial charge in [-0.3, -0.25) is 0 Å². The van der Waals surface area contributed by atoms with E-state index in [9.17, 15) is 10.2 Å². The predicted octanol–water partition coefficient (Wildman–Crippen LogP) is 11.2. The monoisotopic (exact) mass is 614 g/mol. The molecule has 45 heavy (non-hydrogen) atoms. The van der Waals surface area contributed by atoms with E-state index in [2.05, 4.69) is 108 Å². The molecule has 0 saturated carbocycles. The van der Waals surface area contributed by atoms with Gasteiger partial charge in [0.1, 0.15) is 11.5 Å². The quantitative estimate of drug-likeness (QED) is 0.207. The molecular weight excluding hydrogens is 589 g/mol. The smallest absolute Gasteiger partial charge is 0.116 e. The minimum Gasteiger partial charge on any atom is -0.508 e. The lowest BCUT2D eigenvalue weighted by atomic mass is 9.67. The second-order valence-corrected chi connectivity index (χ2v) is 13.5. The number of fused-ring (bicyclic) bond motifs is 5. The van der Waals surface area contributed by atoms with Crippen LogP contribution in [0.1, 0.15) is 22.3 Å². The van der Waals surface area contributed by atoms with E-state index in [0.717, 1.165) is 21.5 Å². The number of phenols is 2. The van der Waals surface area contributed by atoms with Crippen molar-refractivity contribution in [3.05, 3.63) is 166 Å². The summed E-state index contributed by atoms with van der Waals surface area (Å²) in [6, 6.07) is 46.8. The van der Waals surface area contributed by atoms with Crippen molar-refractivity contribution in [3.8, 4) is 43.5 Å². The van der Waals surface area contributed by atoms with Crippen LogP contribution in [0.3, 0.4) is 0 Å². The molecule has 0 saturated heterocycles. The number of benzene rings is 6. The summed E-state index contributed by atoms with van der Waals surface area (Å²) in [5, 5.41) is 29.0. The molecule has 2 heterocycles. The van der Waals surface area contributed by atoms with Gasteiger partial charge in [0.15, 0.2) is 0 Å². The highest BCUT2D eigenvalue weighted by atomic mass is 32.1. The van der Waals surface area contributed by atoms with Crippen molar-refractivity contribution in [1.29, 1.82) is 0 Å². The number of phenolic OH excluding ortho intramolecular Hbond substituents is 2. The fourth-order valence-corrected chi connectivity index (χ4v) is 8.93. The fraction of sp³-hybridized carbons (Fsp3) is 0.0244. The molecule has 214 valence electrons. The van der Waals surface area contributed by atoms with Crippen molar-refractivity contribution in [2.24, 2.45) is 0 Å². The molecule has 0 unspecified atom stereocenters. The first-order valence-electron chi connectivity index (χ1n) is 14.9. The Morgan fingerprint density at radius 2 is 0.867 bits per heavy atom. The van der Waals surface area contributed by atoms with Crippen molar-refractivity contribution in [2.75, 3.05) is 0 Å². The number of aromatic hydroxyl groups is 2. The molecule has 0 aliphatic heterocycles. The zero-order valence-electron chi connectivity index (χ0n) is 24.1. The van der Waals surface area contributed by atoms with E-state index in [1.807, 2.05) is 24.3 Å². The van der Waals surface area contributed by atoms with Crippen LogP contribution in [0.5, 0.6) is 11.5 Å². The zero-order chi connectivity index (χ0) is 30.1. The first kappa shape index (κ1) is 26.3. The molecule has 2 N–H and O–H groups in total. The largest absolute Gasteiger partial charge is 0.508 e. The average Bonchev–Trinajstić information content (AvgIpc) is 3.85. The Labute approximate surface area is 268 Å². The molecule has 1 aliphatic rings. The molecule has 1 aliphatic carbocycles. The van der Waals surface area contributed by atoms with Gasteiger partial charge in [0.2, 0.25) is 0 Å². The van der Waals surface area contributed by atoms with Crippen LogP contribution in [0, 0.1) is 0 Å². The lowest BCUT2D eigenvalue weighted by molar-refractivity contribution is 0.475. The summed E-state index contributed by atoms with van der Waals surface area (Å²) in [5.41, 5.74) is 9.26. The SMILES string of the molecule is Oc1ccc2cc(C3(c4ccc5cc(O)ccc5c4)c4cccc(-c5cccs5)c4-c4c(-c5cccs5)cccc43)ccc2c1. The Kier molecular flexibility index (Phi) is 5.79. The van der Waals surface area contributed by atoms with Crippen LogP contribution >= 0.6 is 22.7 Å². The van der Waals surface area contributed by atoms with Gasteiger partial charge in [-0.2, -0.15) is 0 Å². The molecule has 2 aromatic heterocycles. The number of rotatable bonds is 4. The van der Waals surface area contributed by atoms with E-state index in [4.69, 9.17) is 0 Å². The second kappa shape index (κ2) is 9.93. The van der Waals surface area contributed by atoms with Crippen LogP contribution in [0.15, 0.2) is 144 Å². The molecule has 0 atom stereocenters. The van der Waals surface area contributed by atoms with Gasteiger partial charge in [0.25, 0.3) is 0 Å². The van der Waals surface area contributed by atoms with Crippen LogP contribution in [0.25, 0.3) is 53.6 Å². The Morgan fingerprint density at radius 1 is 0.422 bits per heavy atom. The number of hydrogen-bond acceptors (Lipinski definition) is 4. The first-order chi connectivity index (χ1) is 22.1. The van der Waals surface area contributed by atoms with E-state index < -0.39 is 5.41 Å². The van der Waals surface area contributed by atoms with Gasteiger partial charge in [0.05, 0.1) is 5.41 Å². The third kappa shape index (κ3) is 3.86. The predicted molar refractivity (Wildman–Crippen MR) is 189 cm³/mol. The van der Waals surface area contributed by atoms with Gasteiger partial charge in [-0.15, -0.1) is 22.7 Å². The standard InChI is InChI=1S/C41H26O2S2/c42-31-17-13-25-21-29(15-11-27(25)23-31)41(30-16-12-28-24-32(43)18-14-26(28)22-30)35-7-1-5-33(37-9-3-19-44-37)39(35)40-34(6-2-8-36(40)41)38-10-4-20-45-38/h1-24,42-43H. The van der Waals surface area contributed by atoms with Crippen molar-refractivity contribution < 1.29 is 10.2 Å². The van der Waals surface area contributed by atoms with Crippen LogP contribution in [-0.4, -0.2) is 10.2 Å². The maximum absolute atomic E-state index is 10.2. The molecule has 2 nitrogen and oxygen atoms in total. The van der Waals surface area contributed by atoms with Crippen LogP contribution in [0.2, 0.25) is 0 Å². The van der Waals surface area contributed by atoms with E-state index in [0.29, 0.717) is 0 Å². The summed E-state index contributed by atoms with van der Waals surface area (Å²) in [5.74, 6) is 0.529. The lowest BCUT2D eigenvalue weighted by Gasteiger charge is -2.34. The van der Waals surface area contributed by atoms with E-state index >= 15 is 0 Å². The highest BCUT2D eigenvalue weighted by molar-refractivity contribution is 7.14. The Hall–Kier alpha value is -5.16. The lowest BCUT2D eigenvalue weighted by Crippen LogP contribution is -2.28. The van der Waals surface area contributed by atoms with Gasteiger partial charge in [-0.1, -0.05) is 84.9 Å². The van der Waals surface area contributed by atoms with Crippen LogP contribution in [-0.2, 0) is 5.41 Å². The van der Waals surface area contributed by atoms with Crippen molar-refractivity contribution in [2.45, 2.75) is 5.41 Å². The fourth-order valence-electron chi connectivity index (χ4n) is 7.41. The third-order valence-electron chi connectivity index (χ3n) is 9.27. The summed E-state index contributed by atoms with van der Waals surface area (Å²) >= 11 is 3.55. The van der Waals surface area contributed by atoms with Gasteiger partial charge in [-0.05, 0) is 125 Å². The number of thiophene rings is 2. The molecule has 9 rings (SSSR count). The maximum atomic E-state index is 10.2.